The SMILES string of the molecule is C#CCOC(COc1ccccc1)C[Te]c1ccccc1. The minimum atomic E-state index is -0.277. The topological polar surface area (TPSA) is 18.5 Å². The quantitative estimate of drug-likeness (QED) is 0.507. The van der Waals surface area contributed by atoms with Crippen LogP contribution in [0.25, 0.3) is 0 Å². The molecule has 0 aliphatic carbocycles. The predicted octanol–water partition coefficient (Wildman–Crippen LogP) is 2.53. The van der Waals surface area contributed by atoms with Crippen LogP contribution >= 0.6 is 0 Å². The molecule has 2 aromatic carbocycles. The Morgan fingerprint density at radius 1 is 1.00 bits per heavy atom. The summed E-state index contributed by atoms with van der Waals surface area (Å²) in [7, 11) is 0. The molecule has 1 unspecified atom stereocenters. The normalized spacial score (nSPS) is 11.6. The van der Waals surface area contributed by atoms with Gasteiger partial charge in [0.25, 0.3) is 0 Å². The van der Waals surface area contributed by atoms with Crippen LogP contribution in [0.3, 0.4) is 0 Å². The summed E-state index contributed by atoms with van der Waals surface area (Å²) in [6.45, 7) is 0.883. The maximum absolute atomic E-state index is 5.78. The molecule has 0 heterocycles. The molecule has 0 N–H and O–H groups in total. The van der Waals surface area contributed by atoms with Crippen molar-refractivity contribution < 1.29 is 9.47 Å². The molecule has 0 radical (unpaired) electrons. The summed E-state index contributed by atoms with van der Waals surface area (Å²) < 4.78 is 13.9. The van der Waals surface area contributed by atoms with Crippen LogP contribution in [0.2, 0.25) is 4.47 Å². The van der Waals surface area contributed by atoms with Gasteiger partial charge in [0.1, 0.15) is 0 Å². The number of ether oxygens (including phenoxy) is 2. The summed E-state index contributed by atoms with van der Waals surface area (Å²) in [6.07, 6.45) is 5.35. The summed E-state index contributed by atoms with van der Waals surface area (Å²) in [4.78, 5) is 0. The standard InChI is InChI=1S/C18H18O2Te/c1-2-13-19-17(14-20-16-9-5-3-6-10-16)15-21-18-11-7-4-8-12-18/h1,3-12,17H,13-15H2. The Kier molecular flexibility index (Phi) is 7.19. The third-order valence-electron chi connectivity index (χ3n) is 2.76. The van der Waals surface area contributed by atoms with E-state index in [9.17, 15) is 0 Å². The molecular weight excluding hydrogens is 376 g/mol. The fourth-order valence-corrected chi connectivity index (χ4v) is 4.35. The number of hydrogen-bond acceptors (Lipinski definition) is 2. The number of para-hydroxylation sites is 1. The van der Waals surface area contributed by atoms with Gasteiger partial charge in [-0.25, -0.2) is 0 Å². The molecule has 0 aromatic heterocycles. The van der Waals surface area contributed by atoms with Crippen molar-refractivity contribution in [3.8, 4) is 18.1 Å². The molecular formula is C18H18O2Te. The first kappa shape index (κ1) is 15.9. The molecule has 0 fully saturated rings. The molecule has 0 aliphatic rings. The van der Waals surface area contributed by atoms with Crippen molar-refractivity contribution >= 4 is 24.5 Å². The second-order valence-electron chi connectivity index (χ2n) is 4.39. The Labute approximate surface area is 136 Å². The van der Waals surface area contributed by atoms with Crippen molar-refractivity contribution in [1.29, 1.82) is 0 Å². The van der Waals surface area contributed by atoms with E-state index in [-0.39, 0.29) is 27.0 Å². The summed E-state index contributed by atoms with van der Waals surface area (Å²) in [5.74, 6) is 3.40. The monoisotopic (exact) mass is 396 g/mol. The van der Waals surface area contributed by atoms with Crippen LogP contribution in [0.4, 0.5) is 0 Å². The Balaban J connectivity index is 1.84. The van der Waals surface area contributed by atoms with Gasteiger partial charge in [0.05, 0.1) is 0 Å². The number of rotatable bonds is 8. The summed E-state index contributed by atoms with van der Waals surface area (Å²) >= 11 is -0.277. The minimum absolute atomic E-state index is 0.0591. The van der Waals surface area contributed by atoms with E-state index in [1.54, 1.807) is 0 Å². The first-order valence-corrected chi connectivity index (χ1v) is 9.60. The summed E-state index contributed by atoms with van der Waals surface area (Å²) in [6, 6.07) is 20.4. The van der Waals surface area contributed by atoms with E-state index in [1.807, 2.05) is 36.4 Å². The third-order valence-corrected chi connectivity index (χ3v) is 6.03. The Morgan fingerprint density at radius 3 is 2.33 bits per heavy atom. The summed E-state index contributed by atoms with van der Waals surface area (Å²) in [5.41, 5.74) is 0. The molecule has 2 nitrogen and oxygen atoms in total. The molecule has 0 amide bonds. The number of benzene rings is 2. The molecule has 1 atom stereocenters. The Hall–Kier alpha value is -1.45. The molecule has 2 aromatic rings. The van der Waals surface area contributed by atoms with E-state index in [1.165, 1.54) is 3.61 Å². The second kappa shape index (κ2) is 9.48. The first-order valence-electron chi connectivity index (χ1n) is 6.79. The fourth-order valence-electron chi connectivity index (χ4n) is 1.72. The number of hydrogen-bond donors (Lipinski definition) is 0. The molecule has 108 valence electrons. The molecule has 0 aliphatic heterocycles. The van der Waals surface area contributed by atoms with E-state index in [0.29, 0.717) is 13.2 Å². The van der Waals surface area contributed by atoms with E-state index in [0.717, 1.165) is 10.2 Å². The third kappa shape index (κ3) is 6.23. The Bertz CT molecular complexity index is 505. The van der Waals surface area contributed by atoms with Crippen LogP contribution in [-0.2, 0) is 4.74 Å². The van der Waals surface area contributed by atoms with Crippen molar-refractivity contribution in [2.45, 2.75) is 10.6 Å². The Morgan fingerprint density at radius 2 is 1.67 bits per heavy atom. The van der Waals surface area contributed by atoms with Gasteiger partial charge in [-0.1, -0.05) is 0 Å². The van der Waals surface area contributed by atoms with Crippen LogP contribution in [0.15, 0.2) is 60.7 Å². The van der Waals surface area contributed by atoms with Crippen LogP contribution < -0.4 is 8.35 Å². The van der Waals surface area contributed by atoms with Gasteiger partial charge in [0.2, 0.25) is 0 Å². The zero-order chi connectivity index (χ0) is 14.8. The molecule has 0 saturated carbocycles. The average molecular weight is 394 g/mol. The molecule has 0 saturated heterocycles. The van der Waals surface area contributed by atoms with E-state index in [4.69, 9.17) is 15.9 Å². The van der Waals surface area contributed by atoms with E-state index >= 15 is 0 Å². The average Bonchev–Trinajstić information content (AvgIpc) is 2.56. The zero-order valence-corrected chi connectivity index (χ0v) is 14.1. The van der Waals surface area contributed by atoms with Crippen molar-refractivity contribution in [1.82, 2.24) is 0 Å². The first-order chi connectivity index (χ1) is 10.4. The molecule has 3 heteroatoms. The van der Waals surface area contributed by atoms with Gasteiger partial charge < -0.3 is 0 Å². The van der Waals surface area contributed by atoms with Gasteiger partial charge in [-0.15, -0.1) is 0 Å². The van der Waals surface area contributed by atoms with Crippen molar-refractivity contribution in [3.05, 3.63) is 60.7 Å². The van der Waals surface area contributed by atoms with Crippen molar-refractivity contribution in [2.75, 3.05) is 13.2 Å². The number of terminal acetylenes is 1. The van der Waals surface area contributed by atoms with Crippen LogP contribution in [0.5, 0.6) is 5.75 Å². The van der Waals surface area contributed by atoms with Crippen LogP contribution in [0.1, 0.15) is 0 Å². The van der Waals surface area contributed by atoms with Gasteiger partial charge >= 0.3 is 137 Å². The summed E-state index contributed by atoms with van der Waals surface area (Å²) in [5, 5.41) is 0. The molecule has 0 bridgehead atoms. The van der Waals surface area contributed by atoms with Crippen LogP contribution in [-0.4, -0.2) is 40.2 Å². The van der Waals surface area contributed by atoms with Gasteiger partial charge in [-0.05, 0) is 0 Å². The maximum atomic E-state index is 5.78. The van der Waals surface area contributed by atoms with E-state index < -0.39 is 0 Å². The predicted molar refractivity (Wildman–Crippen MR) is 87.1 cm³/mol. The zero-order valence-electron chi connectivity index (χ0n) is 11.8. The molecule has 0 spiro atoms. The van der Waals surface area contributed by atoms with Crippen molar-refractivity contribution in [3.63, 3.8) is 0 Å². The van der Waals surface area contributed by atoms with Gasteiger partial charge in [0.15, 0.2) is 0 Å². The van der Waals surface area contributed by atoms with Gasteiger partial charge in [-0.2, -0.15) is 0 Å². The van der Waals surface area contributed by atoms with Crippen molar-refractivity contribution in [2.24, 2.45) is 0 Å². The van der Waals surface area contributed by atoms with E-state index in [2.05, 4.69) is 30.2 Å². The second-order valence-corrected chi connectivity index (χ2v) is 7.51. The molecule has 2 rings (SSSR count). The van der Waals surface area contributed by atoms with Crippen LogP contribution in [0, 0.1) is 12.3 Å². The molecule has 21 heavy (non-hydrogen) atoms. The van der Waals surface area contributed by atoms with Gasteiger partial charge in [0, 0.05) is 0 Å². The van der Waals surface area contributed by atoms with Gasteiger partial charge in [-0.3, -0.25) is 0 Å². The fraction of sp³-hybridized carbons (Fsp3) is 0.222.